The van der Waals surface area contributed by atoms with Crippen LogP contribution in [0.5, 0.6) is 0 Å². The average Bonchev–Trinajstić information content (AvgIpc) is 2.61. The second kappa shape index (κ2) is 4.16. The Bertz CT molecular complexity index is 275. The maximum absolute atomic E-state index is 11.0. The lowest BCUT2D eigenvalue weighted by atomic mass is 10.1. The van der Waals surface area contributed by atoms with E-state index in [-0.39, 0.29) is 6.04 Å². The van der Waals surface area contributed by atoms with Crippen molar-refractivity contribution in [2.45, 2.75) is 25.0 Å². The van der Waals surface area contributed by atoms with E-state index in [0.717, 1.165) is 19.4 Å². The van der Waals surface area contributed by atoms with E-state index in [1.165, 1.54) is 6.21 Å². The van der Waals surface area contributed by atoms with E-state index in [0.29, 0.717) is 6.61 Å². The molecule has 0 radical (unpaired) electrons. The van der Waals surface area contributed by atoms with Gasteiger partial charge in [0.2, 0.25) is 5.91 Å². The molecule has 2 heterocycles. The quantitative estimate of drug-likeness (QED) is 0.604. The Balaban J connectivity index is 2.00. The van der Waals surface area contributed by atoms with E-state index in [1.807, 2.05) is 0 Å². The minimum atomic E-state index is -0.480. The summed E-state index contributed by atoms with van der Waals surface area (Å²) in [6.45, 7) is 1.42. The van der Waals surface area contributed by atoms with Gasteiger partial charge in [-0.3, -0.25) is 9.80 Å². The van der Waals surface area contributed by atoms with Crippen molar-refractivity contribution in [3.8, 4) is 0 Å². The molecular formula is C9H16N4O2. The molecule has 0 aromatic heterocycles. The summed E-state index contributed by atoms with van der Waals surface area (Å²) in [5, 5.41) is 5.89. The molecule has 0 saturated carbocycles. The summed E-state index contributed by atoms with van der Waals surface area (Å²) in [4.78, 5) is 11.0. The summed E-state index contributed by atoms with van der Waals surface area (Å²) < 4.78 is 5.35. The Kier molecular flexibility index (Phi) is 2.88. The highest BCUT2D eigenvalue weighted by Crippen LogP contribution is 2.21. The van der Waals surface area contributed by atoms with Gasteiger partial charge >= 0.3 is 0 Å². The van der Waals surface area contributed by atoms with Gasteiger partial charge in [0, 0.05) is 12.8 Å². The van der Waals surface area contributed by atoms with Crippen molar-refractivity contribution < 1.29 is 9.53 Å². The number of carbonyl (C=O) groups is 1. The minimum absolute atomic E-state index is 0.175. The Morgan fingerprint density at radius 2 is 2.40 bits per heavy atom. The Labute approximate surface area is 88.2 Å². The molecule has 4 N–H and O–H groups in total. The van der Waals surface area contributed by atoms with E-state index in [1.54, 1.807) is 5.01 Å². The second-order valence-corrected chi connectivity index (χ2v) is 3.93. The highest BCUT2D eigenvalue weighted by atomic mass is 16.5. The predicted molar refractivity (Wildman–Crippen MR) is 54.8 cm³/mol. The van der Waals surface area contributed by atoms with Gasteiger partial charge in [0.05, 0.1) is 12.6 Å². The number of hydrazone groups is 1. The van der Waals surface area contributed by atoms with Crippen LogP contribution in [-0.2, 0) is 9.53 Å². The molecule has 0 spiro atoms. The number of carbonyl (C=O) groups excluding carboxylic acids is 1. The molecule has 3 unspecified atom stereocenters. The van der Waals surface area contributed by atoms with Gasteiger partial charge in [-0.15, -0.1) is 0 Å². The molecule has 0 aromatic carbocycles. The van der Waals surface area contributed by atoms with Crippen LogP contribution in [0.3, 0.4) is 0 Å². The lowest BCUT2D eigenvalue weighted by Gasteiger charge is -2.33. The molecule has 0 aliphatic carbocycles. The molecule has 3 atom stereocenters. The molecule has 2 aliphatic heterocycles. The molecule has 0 bridgehead atoms. The third-order valence-corrected chi connectivity index (χ3v) is 2.87. The largest absolute Gasteiger partial charge is 0.379 e. The number of nitrogens with two attached hydrogens (primary N) is 2. The van der Waals surface area contributed by atoms with E-state index in [2.05, 4.69) is 5.10 Å². The van der Waals surface area contributed by atoms with Crippen LogP contribution in [0.25, 0.3) is 0 Å². The van der Waals surface area contributed by atoms with Gasteiger partial charge < -0.3 is 16.2 Å². The molecule has 0 aromatic rings. The minimum Gasteiger partial charge on any atom is -0.379 e. The van der Waals surface area contributed by atoms with E-state index >= 15 is 0 Å². The zero-order valence-corrected chi connectivity index (χ0v) is 8.50. The highest BCUT2D eigenvalue weighted by Gasteiger charge is 2.36. The number of nitrogens with zero attached hydrogens (tertiary/aromatic N) is 2. The molecular weight excluding hydrogens is 196 g/mol. The van der Waals surface area contributed by atoms with Gasteiger partial charge in [-0.05, 0) is 12.8 Å². The molecule has 1 amide bonds. The second-order valence-electron chi connectivity index (χ2n) is 3.93. The summed E-state index contributed by atoms with van der Waals surface area (Å²) in [5.41, 5.74) is 11.1. The first-order valence-corrected chi connectivity index (χ1v) is 5.15. The van der Waals surface area contributed by atoms with E-state index < -0.39 is 18.0 Å². The number of amides is 1. The standard InChI is InChI=1S/C9H16N4O2/c10-8-7(9(11)14)4-12-13(8)6-2-1-3-15-5-6/h4,6-8H,1-3,5,10H2,(H2,11,14). The number of hydrogen-bond donors (Lipinski definition) is 2. The van der Waals surface area contributed by atoms with Crippen molar-refractivity contribution in [3.63, 3.8) is 0 Å². The highest BCUT2D eigenvalue weighted by molar-refractivity contribution is 5.93. The SMILES string of the molecule is NC(=O)C1C=NN(C2CCCOC2)C1N. The first kappa shape index (κ1) is 10.4. The van der Waals surface area contributed by atoms with Crippen LogP contribution in [0.4, 0.5) is 0 Å². The topological polar surface area (TPSA) is 93.9 Å². The van der Waals surface area contributed by atoms with Gasteiger partial charge in [0.25, 0.3) is 0 Å². The van der Waals surface area contributed by atoms with Crippen LogP contribution in [-0.4, -0.2) is 42.6 Å². The average molecular weight is 212 g/mol. The van der Waals surface area contributed by atoms with Crippen LogP contribution >= 0.6 is 0 Å². The van der Waals surface area contributed by atoms with Crippen molar-refractivity contribution in [3.05, 3.63) is 0 Å². The molecule has 6 nitrogen and oxygen atoms in total. The van der Waals surface area contributed by atoms with Gasteiger partial charge in [0.1, 0.15) is 12.1 Å². The monoisotopic (exact) mass is 212 g/mol. The van der Waals surface area contributed by atoms with Crippen molar-refractivity contribution >= 4 is 12.1 Å². The van der Waals surface area contributed by atoms with E-state index in [9.17, 15) is 4.79 Å². The Morgan fingerprint density at radius 3 is 2.93 bits per heavy atom. The van der Waals surface area contributed by atoms with Gasteiger partial charge in [-0.1, -0.05) is 0 Å². The first-order chi connectivity index (χ1) is 7.20. The third-order valence-electron chi connectivity index (χ3n) is 2.87. The predicted octanol–water partition coefficient (Wildman–Crippen LogP) is -1.15. The fourth-order valence-corrected chi connectivity index (χ4v) is 1.99. The van der Waals surface area contributed by atoms with Crippen LogP contribution in [0.2, 0.25) is 0 Å². The van der Waals surface area contributed by atoms with Gasteiger partial charge in [-0.2, -0.15) is 5.10 Å². The molecule has 6 heteroatoms. The first-order valence-electron chi connectivity index (χ1n) is 5.15. The van der Waals surface area contributed by atoms with Gasteiger partial charge in [0.15, 0.2) is 0 Å². The van der Waals surface area contributed by atoms with Crippen molar-refractivity contribution in [2.24, 2.45) is 22.5 Å². The summed E-state index contributed by atoms with van der Waals surface area (Å²) in [6.07, 6.45) is 3.09. The molecule has 2 aliphatic rings. The lowest BCUT2D eigenvalue weighted by molar-refractivity contribution is -0.121. The fraction of sp³-hybridized carbons (Fsp3) is 0.778. The van der Waals surface area contributed by atoms with Crippen LogP contribution in [0.15, 0.2) is 5.10 Å². The number of hydrogen-bond acceptors (Lipinski definition) is 5. The van der Waals surface area contributed by atoms with Crippen LogP contribution in [0.1, 0.15) is 12.8 Å². The Morgan fingerprint density at radius 1 is 1.60 bits per heavy atom. The molecule has 2 rings (SSSR count). The fourth-order valence-electron chi connectivity index (χ4n) is 1.99. The van der Waals surface area contributed by atoms with Gasteiger partial charge in [-0.25, -0.2) is 0 Å². The maximum atomic E-state index is 11.0. The number of primary amides is 1. The number of rotatable bonds is 2. The lowest BCUT2D eigenvalue weighted by Crippen LogP contribution is -2.51. The third kappa shape index (κ3) is 1.95. The summed E-state index contributed by atoms with van der Waals surface area (Å²) in [5.74, 6) is -0.905. The molecule has 84 valence electrons. The van der Waals surface area contributed by atoms with Crippen molar-refractivity contribution in [1.29, 1.82) is 0 Å². The zero-order valence-electron chi connectivity index (χ0n) is 8.50. The Hall–Kier alpha value is -1.14. The van der Waals surface area contributed by atoms with Crippen molar-refractivity contribution in [2.75, 3.05) is 13.2 Å². The molecule has 1 saturated heterocycles. The summed E-state index contributed by atoms with van der Waals surface area (Å²) in [6, 6.07) is 0.175. The van der Waals surface area contributed by atoms with Crippen LogP contribution < -0.4 is 11.5 Å². The van der Waals surface area contributed by atoms with E-state index in [4.69, 9.17) is 16.2 Å². The normalized spacial score (nSPS) is 35.8. The zero-order chi connectivity index (χ0) is 10.8. The summed E-state index contributed by atoms with van der Waals surface area (Å²) in [7, 11) is 0. The summed E-state index contributed by atoms with van der Waals surface area (Å²) >= 11 is 0. The molecule has 1 fully saturated rings. The smallest absolute Gasteiger partial charge is 0.229 e. The van der Waals surface area contributed by atoms with Crippen LogP contribution in [0, 0.1) is 5.92 Å². The molecule has 15 heavy (non-hydrogen) atoms. The maximum Gasteiger partial charge on any atom is 0.229 e. The number of ether oxygens (including phenoxy) is 1. The van der Waals surface area contributed by atoms with Crippen molar-refractivity contribution in [1.82, 2.24) is 5.01 Å².